The van der Waals surface area contributed by atoms with Gasteiger partial charge in [0.1, 0.15) is 0 Å². The van der Waals surface area contributed by atoms with Gasteiger partial charge in [-0.05, 0) is 43.9 Å². The van der Waals surface area contributed by atoms with Gasteiger partial charge in [-0.2, -0.15) is 0 Å². The molecule has 17 heavy (non-hydrogen) atoms. The van der Waals surface area contributed by atoms with Crippen LogP contribution in [0.1, 0.15) is 37.3 Å². The Morgan fingerprint density at radius 3 is 2.94 bits per heavy atom. The van der Waals surface area contributed by atoms with Crippen molar-refractivity contribution in [3.05, 3.63) is 29.3 Å². The first-order valence-corrected chi connectivity index (χ1v) is 6.87. The summed E-state index contributed by atoms with van der Waals surface area (Å²) in [5.74, 6) is 0. The molecule has 1 heterocycles. The van der Waals surface area contributed by atoms with Crippen LogP contribution in [-0.4, -0.2) is 19.1 Å². The minimum atomic E-state index is 0.646. The van der Waals surface area contributed by atoms with Crippen molar-refractivity contribution in [1.29, 1.82) is 0 Å². The van der Waals surface area contributed by atoms with Crippen LogP contribution in [0.2, 0.25) is 0 Å². The maximum absolute atomic E-state index is 3.64. The third-order valence-corrected chi connectivity index (χ3v) is 3.68. The van der Waals surface area contributed by atoms with E-state index in [2.05, 4.69) is 42.7 Å². The van der Waals surface area contributed by atoms with Crippen LogP contribution >= 0.6 is 0 Å². The van der Waals surface area contributed by atoms with Crippen LogP contribution in [0.5, 0.6) is 0 Å². The summed E-state index contributed by atoms with van der Waals surface area (Å²) in [5, 5.41) is 7.22. The van der Waals surface area contributed by atoms with E-state index in [0.717, 1.165) is 13.0 Å². The highest BCUT2D eigenvalue weighted by Crippen LogP contribution is 2.21. The number of para-hydroxylation sites is 1. The van der Waals surface area contributed by atoms with E-state index >= 15 is 0 Å². The SMILES string of the molecule is CCc1cccc(C)c1NCC1CCCCN1. The first-order valence-electron chi connectivity index (χ1n) is 6.87. The van der Waals surface area contributed by atoms with E-state index in [4.69, 9.17) is 0 Å². The predicted molar refractivity (Wildman–Crippen MR) is 74.7 cm³/mol. The summed E-state index contributed by atoms with van der Waals surface area (Å²) in [6.07, 6.45) is 5.11. The zero-order chi connectivity index (χ0) is 12.1. The normalized spacial score (nSPS) is 20.2. The lowest BCUT2D eigenvalue weighted by Gasteiger charge is -2.25. The van der Waals surface area contributed by atoms with Crippen molar-refractivity contribution < 1.29 is 0 Å². The number of aryl methyl sites for hydroxylation is 2. The maximum atomic E-state index is 3.64. The molecule has 1 aliphatic heterocycles. The molecular weight excluding hydrogens is 208 g/mol. The zero-order valence-electron chi connectivity index (χ0n) is 11.1. The number of nitrogens with one attached hydrogen (secondary N) is 2. The minimum Gasteiger partial charge on any atom is -0.383 e. The van der Waals surface area contributed by atoms with Gasteiger partial charge in [0.05, 0.1) is 0 Å². The van der Waals surface area contributed by atoms with Crippen LogP contribution in [0.4, 0.5) is 5.69 Å². The third-order valence-electron chi connectivity index (χ3n) is 3.68. The van der Waals surface area contributed by atoms with Crippen LogP contribution < -0.4 is 10.6 Å². The lowest BCUT2D eigenvalue weighted by molar-refractivity contribution is 0.414. The van der Waals surface area contributed by atoms with Crippen molar-refractivity contribution in [2.75, 3.05) is 18.4 Å². The molecule has 0 spiro atoms. The van der Waals surface area contributed by atoms with E-state index in [1.807, 2.05) is 0 Å². The number of piperidine rings is 1. The lowest BCUT2D eigenvalue weighted by Crippen LogP contribution is -2.39. The van der Waals surface area contributed by atoms with E-state index in [-0.39, 0.29) is 0 Å². The van der Waals surface area contributed by atoms with Crippen molar-refractivity contribution in [2.24, 2.45) is 0 Å². The fourth-order valence-electron chi connectivity index (χ4n) is 2.60. The van der Waals surface area contributed by atoms with Crippen molar-refractivity contribution in [3.8, 4) is 0 Å². The topological polar surface area (TPSA) is 24.1 Å². The molecule has 1 aromatic carbocycles. The standard InChI is InChI=1S/C15H24N2/c1-3-13-8-6-7-12(2)15(13)17-11-14-9-4-5-10-16-14/h6-8,14,16-17H,3-5,9-11H2,1-2H3. The Hall–Kier alpha value is -1.02. The average Bonchev–Trinajstić information content (AvgIpc) is 2.38. The molecule has 0 aromatic heterocycles. The van der Waals surface area contributed by atoms with Crippen LogP contribution in [0.25, 0.3) is 0 Å². The number of anilines is 1. The molecule has 2 nitrogen and oxygen atoms in total. The van der Waals surface area contributed by atoms with Crippen molar-refractivity contribution in [2.45, 2.75) is 45.6 Å². The molecule has 94 valence electrons. The summed E-state index contributed by atoms with van der Waals surface area (Å²) in [6.45, 7) is 6.65. The number of hydrogen-bond acceptors (Lipinski definition) is 2. The molecule has 0 aliphatic carbocycles. The summed E-state index contributed by atoms with van der Waals surface area (Å²) in [7, 11) is 0. The van der Waals surface area contributed by atoms with E-state index in [1.54, 1.807) is 0 Å². The Labute approximate surface area is 105 Å². The van der Waals surface area contributed by atoms with Gasteiger partial charge in [-0.3, -0.25) is 0 Å². The lowest BCUT2D eigenvalue weighted by atomic mass is 10.0. The fraction of sp³-hybridized carbons (Fsp3) is 0.600. The van der Waals surface area contributed by atoms with Gasteiger partial charge in [0.15, 0.2) is 0 Å². The summed E-state index contributed by atoms with van der Waals surface area (Å²) in [6, 6.07) is 7.21. The highest BCUT2D eigenvalue weighted by molar-refractivity contribution is 5.57. The summed E-state index contributed by atoms with van der Waals surface area (Å²) in [4.78, 5) is 0. The van der Waals surface area contributed by atoms with Crippen molar-refractivity contribution >= 4 is 5.69 Å². The maximum Gasteiger partial charge on any atom is 0.0402 e. The van der Waals surface area contributed by atoms with E-state index < -0.39 is 0 Å². The fourth-order valence-corrected chi connectivity index (χ4v) is 2.60. The zero-order valence-corrected chi connectivity index (χ0v) is 11.1. The minimum absolute atomic E-state index is 0.646. The summed E-state index contributed by atoms with van der Waals surface area (Å²) >= 11 is 0. The summed E-state index contributed by atoms with van der Waals surface area (Å²) in [5.41, 5.74) is 4.14. The Balaban J connectivity index is 1.97. The molecule has 0 bridgehead atoms. The van der Waals surface area contributed by atoms with Gasteiger partial charge in [0.2, 0.25) is 0 Å². The van der Waals surface area contributed by atoms with Crippen LogP contribution in [0.3, 0.4) is 0 Å². The number of benzene rings is 1. The molecular formula is C15H24N2. The monoisotopic (exact) mass is 232 g/mol. The van der Waals surface area contributed by atoms with Gasteiger partial charge in [0, 0.05) is 18.3 Å². The molecule has 1 fully saturated rings. The number of rotatable bonds is 4. The smallest absolute Gasteiger partial charge is 0.0402 e. The molecule has 0 amide bonds. The molecule has 0 saturated carbocycles. The molecule has 2 rings (SSSR count). The van der Waals surface area contributed by atoms with Gasteiger partial charge in [-0.25, -0.2) is 0 Å². The molecule has 1 aliphatic rings. The molecule has 0 radical (unpaired) electrons. The molecule has 1 atom stereocenters. The van der Waals surface area contributed by atoms with Crippen molar-refractivity contribution in [3.63, 3.8) is 0 Å². The number of hydrogen-bond donors (Lipinski definition) is 2. The van der Waals surface area contributed by atoms with Gasteiger partial charge in [-0.15, -0.1) is 0 Å². The first-order chi connectivity index (χ1) is 8.31. The molecule has 1 saturated heterocycles. The van der Waals surface area contributed by atoms with E-state index in [0.29, 0.717) is 6.04 Å². The largest absolute Gasteiger partial charge is 0.383 e. The highest BCUT2D eigenvalue weighted by Gasteiger charge is 2.13. The quantitative estimate of drug-likeness (QED) is 0.833. The third kappa shape index (κ3) is 3.22. The van der Waals surface area contributed by atoms with Crippen LogP contribution in [0.15, 0.2) is 18.2 Å². The molecule has 2 N–H and O–H groups in total. The molecule has 2 heteroatoms. The van der Waals surface area contributed by atoms with E-state index in [1.165, 1.54) is 42.6 Å². The second-order valence-electron chi connectivity index (χ2n) is 4.99. The summed E-state index contributed by atoms with van der Waals surface area (Å²) < 4.78 is 0. The van der Waals surface area contributed by atoms with Crippen LogP contribution in [-0.2, 0) is 6.42 Å². The van der Waals surface area contributed by atoms with Gasteiger partial charge in [-0.1, -0.05) is 31.5 Å². The second kappa shape index (κ2) is 6.06. The predicted octanol–water partition coefficient (Wildman–Crippen LogP) is 3.11. The first kappa shape index (κ1) is 12.4. The van der Waals surface area contributed by atoms with Gasteiger partial charge >= 0.3 is 0 Å². The van der Waals surface area contributed by atoms with Crippen LogP contribution in [0, 0.1) is 6.92 Å². The molecule has 1 unspecified atom stereocenters. The highest BCUT2D eigenvalue weighted by atomic mass is 15.0. The average molecular weight is 232 g/mol. The molecule has 1 aromatic rings. The van der Waals surface area contributed by atoms with Gasteiger partial charge < -0.3 is 10.6 Å². The Bertz CT molecular complexity index is 354. The Morgan fingerprint density at radius 2 is 2.24 bits per heavy atom. The Kier molecular flexibility index (Phi) is 4.43. The second-order valence-corrected chi connectivity index (χ2v) is 4.99. The van der Waals surface area contributed by atoms with Crippen molar-refractivity contribution in [1.82, 2.24) is 5.32 Å². The van der Waals surface area contributed by atoms with Gasteiger partial charge in [0.25, 0.3) is 0 Å². The Morgan fingerprint density at radius 1 is 1.35 bits per heavy atom. The van der Waals surface area contributed by atoms with E-state index in [9.17, 15) is 0 Å².